The van der Waals surface area contributed by atoms with Crippen molar-refractivity contribution in [2.24, 2.45) is 0 Å². The number of hydrogen-bond donors (Lipinski definition) is 3. The highest BCUT2D eigenvalue weighted by molar-refractivity contribution is 7.22. The third-order valence-electron chi connectivity index (χ3n) is 2.79. The van der Waals surface area contributed by atoms with Crippen LogP contribution in [-0.2, 0) is 4.79 Å². The number of nitrogens with zero attached hydrogens (tertiary/aromatic N) is 1. The number of amides is 1. The molecule has 0 saturated carbocycles. The van der Waals surface area contributed by atoms with Gasteiger partial charge in [-0.25, -0.2) is 9.78 Å². The number of carbonyl (C=O) groups is 2. The second kappa shape index (κ2) is 5.92. The van der Waals surface area contributed by atoms with Gasteiger partial charge in [0.05, 0.1) is 17.1 Å². The molecule has 2 aromatic heterocycles. The minimum atomic E-state index is -2.00. The summed E-state index contributed by atoms with van der Waals surface area (Å²) < 4.78 is 0. The predicted molar refractivity (Wildman–Crippen MR) is 80.8 cm³/mol. The molecule has 1 amide bonds. The maximum Gasteiger partial charge on any atom is 0.337 e. The van der Waals surface area contributed by atoms with E-state index in [4.69, 9.17) is 5.11 Å². The van der Waals surface area contributed by atoms with E-state index in [1.807, 2.05) is 17.5 Å². The highest BCUT2D eigenvalue weighted by Gasteiger charge is 2.31. The molecular weight excluding hydrogens is 312 g/mol. The molecule has 2 aromatic rings. The van der Waals surface area contributed by atoms with Gasteiger partial charge in [0.25, 0.3) is 5.91 Å². The number of thiophene rings is 1. The van der Waals surface area contributed by atoms with Gasteiger partial charge in [0, 0.05) is 0 Å². The Morgan fingerprint density at radius 1 is 1.48 bits per heavy atom. The summed E-state index contributed by atoms with van der Waals surface area (Å²) in [4.78, 5) is 28.6. The maximum atomic E-state index is 12.1. The summed E-state index contributed by atoms with van der Waals surface area (Å²) in [5, 5.41) is 23.5. The van der Waals surface area contributed by atoms with Gasteiger partial charge in [-0.05, 0) is 25.3 Å². The molecule has 8 heteroatoms. The Morgan fingerprint density at radius 2 is 2.19 bits per heavy atom. The van der Waals surface area contributed by atoms with Gasteiger partial charge >= 0.3 is 5.97 Å². The number of aryl methyl sites for hydroxylation is 1. The number of rotatable bonds is 5. The van der Waals surface area contributed by atoms with Crippen molar-refractivity contribution in [2.45, 2.75) is 19.4 Å². The molecule has 0 aliphatic heterocycles. The molecule has 3 N–H and O–H groups in total. The quantitative estimate of drug-likeness (QED) is 0.777. The minimum absolute atomic E-state index is 0.368. The van der Waals surface area contributed by atoms with E-state index in [2.05, 4.69) is 10.3 Å². The number of carboxylic acids is 1. The zero-order valence-electron chi connectivity index (χ0n) is 11.4. The Labute approximate surface area is 129 Å². The topological polar surface area (TPSA) is 99.5 Å². The molecule has 0 spiro atoms. The molecule has 1 unspecified atom stereocenters. The van der Waals surface area contributed by atoms with Crippen molar-refractivity contribution < 1.29 is 19.8 Å². The fourth-order valence-electron chi connectivity index (χ4n) is 1.52. The Hall–Kier alpha value is -1.77. The molecule has 1 atom stereocenters. The number of thiazole rings is 1. The molecule has 0 fully saturated rings. The van der Waals surface area contributed by atoms with E-state index in [-0.39, 0.29) is 6.54 Å². The highest BCUT2D eigenvalue weighted by atomic mass is 32.1. The first kappa shape index (κ1) is 15.6. The molecule has 2 rings (SSSR count). The SMILES string of the molecule is Cc1nc(-c2cccs2)sc1C(=O)NCC(C)(O)C(=O)O. The first-order chi connectivity index (χ1) is 9.81. The smallest absolute Gasteiger partial charge is 0.337 e. The molecule has 0 saturated heterocycles. The Bertz CT molecular complexity index is 662. The molecular formula is C13H14N2O4S2. The predicted octanol–water partition coefficient (Wildman–Crippen LogP) is 1.75. The van der Waals surface area contributed by atoms with Crippen molar-refractivity contribution in [1.82, 2.24) is 10.3 Å². The summed E-state index contributed by atoms with van der Waals surface area (Å²) in [5.74, 6) is -1.82. The summed E-state index contributed by atoms with van der Waals surface area (Å²) in [6.07, 6.45) is 0. The molecule has 0 bridgehead atoms. The van der Waals surface area contributed by atoms with Gasteiger partial charge in [0.2, 0.25) is 0 Å². The molecule has 0 radical (unpaired) electrons. The third-order valence-corrected chi connectivity index (χ3v) is 4.98. The van der Waals surface area contributed by atoms with Crippen molar-refractivity contribution in [2.75, 3.05) is 6.54 Å². The second-order valence-electron chi connectivity index (χ2n) is 4.67. The lowest BCUT2D eigenvalue weighted by Crippen LogP contribution is -2.46. The van der Waals surface area contributed by atoms with E-state index in [9.17, 15) is 14.7 Å². The van der Waals surface area contributed by atoms with E-state index >= 15 is 0 Å². The van der Waals surface area contributed by atoms with Crippen molar-refractivity contribution in [3.05, 3.63) is 28.1 Å². The molecule has 21 heavy (non-hydrogen) atoms. The largest absolute Gasteiger partial charge is 0.479 e. The lowest BCUT2D eigenvalue weighted by Gasteiger charge is -2.17. The lowest BCUT2D eigenvalue weighted by molar-refractivity contribution is -0.155. The van der Waals surface area contributed by atoms with Gasteiger partial charge in [-0.2, -0.15) is 0 Å². The van der Waals surface area contributed by atoms with Crippen molar-refractivity contribution in [3.63, 3.8) is 0 Å². The van der Waals surface area contributed by atoms with Gasteiger partial charge in [0.15, 0.2) is 5.60 Å². The Kier molecular flexibility index (Phi) is 4.40. The van der Waals surface area contributed by atoms with Crippen LogP contribution in [0.1, 0.15) is 22.3 Å². The number of carbonyl (C=O) groups excluding carboxylic acids is 1. The fourth-order valence-corrected chi connectivity index (χ4v) is 3.30. The van der Waals surface area contributed by atoms with Crippen molar-refractivity contribution >= 4 is 34.6 Å². The van der Waals surface area contributed by atoms with E-state index in [1.165, 1.54) is 22.7 Å². The number of hydrogen-bond acceptors (Lipinski definition) is 6. The normalized spacial score (nSPS) is 13.7. The standard InChI is InChI=1S/C13H14N2O4S2/c1-7-9(10(16)14-6-13(2,19)12(17)18)21-11(15-7)8-4-3-5-20-8/h3-5,19H,6H2,1-2H3,(H,14,16)(H,17,18). The second-order valence-corrected chi connectivity index (χ2v) is 6.62. The summed E-state index contributed by atoms with van der Waals surface area (Å²) in [5.41, 5.74) is -1.42. The van der Waals surface area contributed by atoms with Crippen LogP contribution in [0.4, 0.5) is 0 Å². The van der Waals surface area contributed by atoms with E-state index in [1.54, 1.807) is 6.92 Å². The van der Waals surface area contributed by atoms with Crippen LogP contribution in [0.5, 0.6) is 0 Å². The lowest BCUT2D eigenvalue weighted by atomic mass is 10.1. The average molecular weight is 326 g/mol. The molecule has 112 valence electrons. The van der Waals surface area contributed by atoms with Crippen LogP contribution in [-0.4, -0.2) is 39.2 Å². The van der Waals surface area contributed by atoms with Crippen LogP contribution < -0.4 is 5.32 Å². The van der Waals surface area contributed by atoms with Crippen LogP contribution >= 0.6 is 22.7 Å². The van der Waals surface area contributed by atoms with Crippen molar-refractivity contribution in [3.8, 4) is 9.88 Å². The summed E-state index contributed by atoms with van der Waals surface area (Å²) >= 11 is 2.77. The number of carboxylic acid groups (broad SMARTS) is 1. The van der Waals surface area contributed by atoms with E-state index < -0.39 is 17.5 Å². The van der Waals surface area contributed by atoms with Crippen LogP contribution in [0.2, 0.25) is 0 Å². The summed E-state index contributed by atoms with van der Waals surface area (Å²) in [6, 6.07) is 3.82. The number of nitrogens with one attached hydrogen (secondary N) is 1. The van der Waals surface area contributed by atoms with Crippen LogP contribution in [0.3, 0.4) is 0 Å². The van der Waals surface area contributed by atoms with Gasteiger partial charge in [-0.15, -0.1) is 22.7 Å². The zero-order valence-corrected chi connectivity index (χ0v) is 13.0. The van der Waals surface area contributed by atoms with E-state index in [0.29, 0.717) is 10.6 Å². The summed E-state index contributed by atoms with van der Waals surface area (Å²) in [7, 11) is 0. The number of aliphatic hydroxyl groups is 1. The number of aliphatic carboxylic acids is 1. The maximum absolute atomic E-state index is 12.1. The van der Waals surface area contributed by atoms with Gasteiger partial charge in [0.1, 0.15) is 9.88 Å². The average Bonchev–Trinajstić information content (AvgIpc) is 3.04. The van der Waals surface area contributed by atoms with Gasteiger partial charge < -0.3 is 15.5 Å². The van der Waals surface area contributed by atoms with E-state index in [0.717, 1.165) is 16.8 Å². The summed E-state index contributed by atoms with van der Waals surface area (Å²) in [6.45, 7) is 2.48. The zero-order chi connectivity index (χ0) is 15.6. The van der Waals surface area contributed by atoms with Gasteiger partial charge in [-0.1, -0.05) is 6.07 Å². The number of aromatic nitrogens is 1. The molecule has 0 aliphatic carbocycles. The van der Waals surface area contributed by atoms with Crippen LogP contribution in [0.25, 0.3) is 9.88 Å². The Balaban J connectivity index is 2.12. The Morgan fingerprint density at radius 3 is 2.76 bits per heavy atom. The molecule has 6 nitrogen and oxygen atoms in total. The first-order valence-corrected chi connectivity index (χ1v) is 7.76. The van der Waals surface area contributed by atoms with Crippen molar-refractivity contribution in [1.29, 1.82) is 0 Å². The van der Waals surface area contributed by atoms with Gasteiger partial charge in [-0.3, -0.25) is 4.79 Å². The highest BCUT2D eigenvalue weighted by Crippen LogP contribution is 2.30. The monoisotopic (exact) mass is 326 g/mol. The van der Waals surface area contributed by atoms with Crippen LogP contribution in [0.15, 0.2) is 17.5 Å². The molecule has 0 aliphatic rings. The third kappa shape index (κ3) is 3.46. The fraction of sp³-hybridized carbons (Fsp3) is 0.308. The van der Waals surface area contributed by atoms with Crippen LogP contribution in [0, 0.1) is 6.92 Å². The molecule has 0 aromatic carbocycles. The minimum Gasteiger partial charge on any atom is -0.479 e. The first-order valence-electron chi connectivity index (χ1n) is 6.06. The molecule has 2 heterocycles.